The first-order chi connectivity index (χ1) is 12.5. The van der Waals surface area contributed by atoms with Gasteiger partial charge in [-0.3, -0.25) is 4.79 Å². The van der Waals surface area contributed by atoms with Crippen LogP contribution in [0.5, 0.6) is 0 Å². The predicted molar refractivity (Wildman–Crippen MR) is 105 cm³/mol. The first kappa shape index (κ1) is 18.6. The zero-order valence-corrected chi connectivity index (χ0v) is 16.4. The van der Waals surface area contributed by atoms with Gasteiger partial charge in [-0.25, -0.2) is 4.79 Å². The van der Waals surface area contributed by atoms with Gasteiger partial charge < -0.3 is 10.1 Å². The van der Waals surface area contributed by atoms with Crippen LogP contribution in [-0.2, 0) is 17.6 Å². The van der Waals surface area contributed by atoms with Gasteiger partial charge in [-0.2, -0.15) is 0 Å². The van der Waals surface area contributed by atoms with E-state index in [-0.39, 0.29) is 11.9 Å². The standard InChI is InChI=1S/C21H25NO3S/c1-13-10-11-15(12-14(13)2)19(23)22-20-18(21(24)25-3)16-8-6-4-5-7-9-17(16)26-20/h10-12H,4-9H2,1-3H3,(H,22,23). The summed E-state index contributed by atoms with van der Waals surface area (Å²) in [6, 6.07) is 5.64. The molecular weight excluding hydrogens is 346 g/mol. The number of methoxy groups -OCH3 is 1. The number of amides is 1. The first-order valence-corrected chi connectivity index (χ1v) is 9.94. The molecule has 4 nitrogen and oxygen atoms in total. The summed E-state index contributed by atoms with van der Waals surface area (Å²) in [5, 5.41) is 3.58. The zero-order valence-electron chi connectivity index (χ0n) is 15.6. The maximum Gasteiger partial charge on any atom is 0.341 e. The Kier molecular flexibility index (Phi) is 5.77. The van der Waals surface area contributed by atoms with Crippen LogP contribution in [0.15, 0.2) is 18.2 Å². The molecule has 0 saturated carbocycles. The van der Waals surface area contributed by atoms with Crippen molar-refractivity contribution in [3.05, 3.63) is 50.9 Å². The van der Waals surface area contributed by atoms with Crippen molar-refractivity contribution in [1.29, 1.82) is 0 Å². The fourth-order valence-electron chi connectivity index (χ4n) is 3.38. The summed E-state index contributed by atoms with van der Waals surface area (Å²) in [6.07, 6.45) is 6.42. The molecule has 1 aliphatic carbocycles. The molecule has 1 heterocycles. The van der Waals surface area contributed by atoms with Crippen LogP contribution < -0.4 is 5.32 Å². The number of hydrogen-bond acceptors (Lipinski definition) is 4. The lowest BCUT2D eigenvalue weighted by Gasteiger charge is -2.11. The highest BCUT2D eigenvalue weighted by Crippen LogP contribution is 2.37. The molecule has 1 amide bonds. The Hall–Kier alpha value is -2.14. The lowest BCUT2D eigenvalue weighted by Crippen LogP contribution is -2.15. The van der Waals surface area contributed by atoms with E-state index in [1.165, 1.54) is 36.2 Å². The molecule has 138 valence electrons. The van der Waals surface area contributed by atoms with Crippen LogP contribution in [0.3, 0.4) is 0 Å². The number of anilines is 1. The normalized spacial score (nSPS) is 14.1. The smallest absolute Gasteiger partial charge is 0.341 e. The van der Waals surface area contributed by atoms with E-state index < -0.39 is 0 Å². The van der Waals surface area contributed by atoms with Crippen LogP contribution in [0.25, 0.3) is 0 Å². The molecule has 1 N–H and O–H groups in total. The number of carbonyl (C=O) groups excluding carboxylic acids is 2. The lowest BCUT2D eigenvalue weighted by atomic mass is 9.96. The van der Waals surface area contributed by atoms with E-state index >= 15 is 0 Å². The van der Waals surface area contributed by atoms with Gasteiger partial charge in [0.2, 0.25) is 0 Å². The van der Waals surface area contributed by atoms with Crippen molar-refractivity contribution in [3.8, 4) is 0 Å². The molecule has 0 radical (unpaired) electrons. The number of fused-ring (bicyclic) bond motifs is 1. The van der Waals surface area contributed by atoms with Crippen molar-refractivity contribution >= 4 is 28.2 Å². The molecule has 0 spiro atoms. The van der Waals surface area contributed by atoms with Gasteiger partial charge in [0.05, 0.1) is 12.7 Å². The number of hydrogen-bond donors (Lipinski definition) is 1. The summed E-state index contributed by atoms with van der Waals surface area (Å²) in [7, 11) is 1.39. The molecule has 26 heavy (non-hydrogen) atoms. The van der Waals surface area contributed by atoms with E-state index in [0.717, 1.165) is 42.4 Å². The predicted octanol–water partition coefficient (Wildman–Crippen LogP) is 5.06. The molecule has 5 heteroatoms. The average Bonchev–Trinajstić information content (AvgIpc) is 2.92. The van der Waals surface area contributed by atoms with Gasteiger partial charge in [-0.1, -0.05) is 18.9 Å². The fraction of sp³-hybridized carbons (Fsp3) is 0.429. The minimum Gasteiger partial charge on any atom is -0.465 e. The van der Waals surface area contributed by atoms with Gasteiger partial charge >= 0.3 is 5.97 Å². The fourth-order valence-corrected chi connectivity index (χ4v) is 4.66. The van der Waals surface area contributed by atoms with Crippen molar-refractivity contribution < 1.29 is 14.3 Å². The molecule has 1 aromatic heterocycles. The first-order valence-electron chi connectivity index (χ1n) is 9.12. The van der Waals surface area contributed by atoms with Gasteiger partial charge in [0.1, 0.15) is 5.00 Å². The SMILES string of the molecule is COC(=O)c1c(NC(=O)c2ccc(C)c(C)c2)sc2c1CCCCCC2. The Morgan fingerprint density at radius 3 is 2.46 bits per heavy atom. The summed E-state index contributed by atoms with van der Waals surface area (Å²) in [5.41, 5.74) is 4.44. The Labute approximate surface area is 158 Å². The largest absolute Gasteiger partial charge is 0.465 e. The van der Waals surface area contributed by atoms with Crippen molar-refractivity contribution in [3.63, 3.8) is 0 Å². The second-order valence-electron chi connectivity index (χ2n) is 6.87. The number of benzene rings is 1. The minimum atomic E-state index is -0.363. The van der Waals surface area contributed by atoms with Gasteiger partial charge in [-0.05, 0) is 68.4 Å². The van der Waals surface area contributed by atoms with E-state index in [9.17, 15) is 9.59 Å². The summed E-state index contributed by atoms with van der Waals surface area (Å²) in [6.45, 7) is 4.01. The van der Waals surface area contributed by atoms with E-state index in [0.29, 0.717) is 16.1 Å². The van der Waals surface area contributed by atoms with Gasteiger partial charge in [-0.15, -0.1) is 11.3 Å². The molecule has 0 atom stereocenters. The Bertz CT molecular complexity index is 838. The molecule has 0 aliphatic heterocycles. The highest BCUT2D eigenvalue weighted by atomic mass is 32.1. The molecular formula is C21H25NO3S. The highest BCUT2D eigenvalue weighted by molar-refractivity contribution is 7.17. The molecule has 0 unspecified atom stereocenters. The number of nitrogens with one attached hydrogen (secondary N) is 1. The second-order valence-corrected chi connectivity index (χ2v) is 7.97. The number of aryl methyl sites for hydroxylation is 3. The van der Waals surface area contributed by atoms with Crippen molar-refractivity contribution in [1.82, 2.24) is 0 Å². The summed E-state index contributed by atoms with van der Waals surface area (Å²) in [5.74, 6) is -0.550. The molecule has 0 saturated heterocycles. The maximum absolute atomic E-state index is 12.7. The summed E-state index contributed by atoms with van der Waals surface area (Å²) < 4.78 is 5.01. The number of thiophene rings is 1. The van der Waals surface area contributed by atoms with Crippen LogP contribution in [-0.4, -0.2) is 19.0 Å². The van der Waals surface area contributed by atoms with Crippen LogP contribution in [0.2, 0.25) is 0 Å². The molecule has 1 aromatic carbocycles. The number of rotatable bonds is 3. The lowest BCUT2D eigenvalue weighted by molar-refractivity contribution is 0.0601. The van der Waals surface area contributed by atoms with Gasteiger partial charge in [0, 0.05) is 10.4 Å². The van der Waals surface area contributed by atoms with E-state index in [4.69, 9.17) is 4.74 Å². The third kappa shape index (κ3) is 3.83. The topological polar surface area (TPSA) is 55.4 Å². The second kappa shape index (κ2) is 8.04. The van der Waals surface area contributed by atoms with Gasteiger partial charge in [0.15, 0.2) is 0 Å². The number of carbonyl (C=O) groups is 2. The minimum absolute atomic E-state index is 0.188. The van der Waals surface area contributed by atoms with E-state index in [1.807, 2.05) is 32.0 Å². The van der Waals surface area contributed by atoms with Crippen molar-refractivity contribution in [2.75, 3.05) is 12.4 Å². The van der Waals surface area contributed by atoms with Crippen LogP contribution in [0, 0.1) is 13.8 Å². The third-order valence-corrected chi connectivity index (χ3v) is 6.26. The van der Waals surface area contributed by atoms with Gasteiger partial charge in [0.25, 0.3) is 5.91 Å². The molecule has 2 aromatic rings. The Morgan fingerprint density at radius 1 is 1.04 bits per heavy atom. The van der Waals surface area contributed by atoms with E-state index in [2.05, 4.69) is 5.32 Å². The average molecular weight is 372 g/mol. The van der Waals surface area contributed by atoms with E-state index in [1.54, 1.807) is 0 Å². The third-order valence-electron chi connectivity index (χ3n) is 5.06. The quantitative estimate of drug-likeness (QED) is 0.767. The zero-order chi connectivity index (χ0) is 18.7. The monoisotopic (exact) mass is 371 g/mol. The van der Waals surface area contributed by atoms with Crippen LogP contribution >= 0.6 is 11.3 Å². The molecule has 0 bridgehead atoms. The summed E-state index contributed by atoms with van der Waals surface area (Å²) >= 11 is 1.53. The Morgan fingerprint density at radius 2 is 1.77 bits per heavy atom. The number of esters is 1. The van der Waals surface area contributed by atoms with Crippen molar-refractivity contribution in [2.24, 2.45) is 0 Å². The van der Waals surface area contributed by atoms with Crippen LogP contribution in [0.1, 0.15) is 68.0 Å². The maximum atomic E-state index is 12.7. The summed E-state index contributed by atoms with van der Waals surface area (Å²) in [4.78, 5) is 26.4. The molecule has 3 rings (SSSR count). The molecule has 0 fully saturated rings. The number of ether oxygens (including phenoxy) is 1. The van der Waals surface area contributed by atoms with Crippen molar-refractivity contribution in [2.45, 2.75) is 52.4 Å². The van der Waals surface area contributed by atoms with Crippen LogP contribution in [0.4, 0.5) is 5.00 Å². The Balaban J connectivity index is 1.95. The molecule has 1 aliphatic rings. The highest BCUT2D eigenvalue weighted by Gasteiger charge is 2.26.